The lowest BCUT2D eigenvalue weighted by atomic mass is 10.1. The number of amides is 2. The van der Waals surface area contributed by atoms with Gasteiger partial charge in [0, 0.05) is 19.3 Å². The number of rotatable bonds is 3. The van der Waals surface area contributed by atoms with Gasteiger partial charge in [-0.1, -0.05) is 18.2 Å². The van der Waals surface area contributed by atoms with Crippen molar-refractivity contribution in [3.63, 3.8) is 0 Å². The molecule has 1 fully saturated rings. The number of piperazine rings is 1. The van der Waals surface area contributed by atoms with Crippen molar-refractivity contribution in [2.45, 2.75) is 6.42 Å². The molecule has 0 bridgehead atoms. The minimum atomic E-state index is -0.0949. The molecule has 0 aliphatic carbocycles. The van der Waals surface area contributed by atoms with Crippen LogP contribution in [0.2, 0.25) is 0 Å². The summed E-state index contributed by atoms with van der Waals surface area (Å²) in [7, 11) is 1.62. The molecule has 0 unspecified atom stereocenters. The maximum absolute atomic E-state index is 12.0. The summed E-state index contributed by atoms with van der Waals surface area (Å²) in [5.41, 5.74) is 1.60. The Bertz CT molecular complexity index is 473. The molecule has 1 aliphatic heterocycles. The smallest absolute Gasteiger partial charge is 0.247 e. The highest BCUT2D eigenvalue weighted by Gasteiger charge is 2.29. The topological polar surface area (TPSA) is 60.9 Å². The zero-order valence-electron chi connectivity index (χ0n) is 10.3. The largest absolute Gasteiger partial charge is 0.396 e. The van der Waals surface area contributed by atoms with Crippen LogP contribution in [0.15, 0.2) is 24.3 Å². The fraction of sp³-hybridized carbons (Fsp3) is 0.385. The summed E-state index contributed by atoms with van der Waals surface area (Å²) in [5, 5.41) is 9.02. The summed E-state index contributed by atoms with van der Waals surface area (Å²) in [6.45, 7) is 0.191. The lowest BCUT2D eigenvalue weighted by Gasteiger charge is -2.32. The summed E-state index contributed by atoms with van der Waals surface area (Å²) in [6.07, 6.45) is 0.476. The van der Waals surface area contributed by atoms with Crippen molar-refractivity contribution in [3.8, 4) is 0 Å². The van der Waals surface area contributed by atoms with Crippen molar-refractivity contribution in [2.75, 3.05) is 31.6 Å². The summed E-state index contributed by atoms with van der Waals surface area (Å²) in [5.74, 6) is -0.170. The second-order valence-corrected chi connectivity index (χ2v) is 4.33. The fourth-order valence-corrected chi connectivity index (χ4v) is 2.05. The molecule has 2 rings (SSSR count). The van der Waals surface area contributed by atoms with E-state index >= 15 is 0 Å². The van der Waals surface area contributed by atoms with Crippen LogP contribution >= 0.6 is 0 Å². The first-order valence-electron chi connectivity index (χ1n) is 5.86. The SMILES string of the molecule is CN1CC(=O)N(c2ccccc2CCO)CC1=O. The standard InChI is InChI=1S/C13H16N2O3/c1-14-8-13(18)15(9-12(14)17)11-5-3-2-4-10(11)6-7-16/h2-5,16H,6-9H2,1H3. The quantitative estimate of drug-likeness (QED) is 0.820. The molecule has 1 saturated heterocycles. The maximum Gasteiger partial charge on any atom is 0.247 e. The number of benzene rings is 1. The zero-order chi connectivity index (χ0) is 13.1. The number of nitrogens with zero attached hydrogens (tertiary/aromatic N) is 2. The first kappa shape index (κ1) is 12.6. The maximum atomic E-state index is 12.0. The number of likely N-dealkylation sites (N-methyl/N-ethyl adjacent to an activating group) is 1. The van der Waals surface area contributed by atoms with E-state index < -0.39 is 0 Å². The molecule has 0 radical (unpaired) electrons. The first-order valence-corrected chi connectivity index (χ1v) is 5.86. The van der Waals surface area contributed by atoms with Crippen molar-refractivity contribution in [1.29, 1.82) is 0 Å². The van der Waals surface area contributed by atoms with Crippen molar-refractivity contribution in [3.05, 3.63) is 29.8 Å². The fourth-order valence-electron chi connectivity index (χ4n) is 2.05. The van der Waals surface area contributed by atoms with E-state index in [2.05, 4.69) is 0 Å². The van der Waals surface area contributed by atoms with Crippen molar-refractivity contribution in [1.82, 2.24) is 4.90 Å². The van der Waals surface area contributed by atoms with Crippen LogP contribution in [-0.2, 0) is 16.0 Å². The number of hydrogen-bond donors (Lipinski definition) is 1. The van der Waals surface area contributed by atoms with Crippen LogP contribution in [0, 0.1) is 0 Å². The highest BCUT2D eigenvalue weighted by molar-refractivity contribution is 6.04. The number of carbonyl (C=O) groups is 2. The van der Waals surface area contributed by atoms with Crippen LogP contribution in [0.5, 0.6) is 0 Å². The van der Waals surface area contributed by atoms with Crippen LogP contribution in [0.25, 0.3) is 0 Å². The number of carbonyl (C=O) groups excluding carboxylic acids is 2. The van der Waals surface area contributed by atoms with Gasteiger partial charge in [-0.3, -0.25) is 9.59 Å². The lowest BCUT2D eigenvalue weighted by Crippen LogP contribution is -2.52. The normalized spacial score (nSPS) is 16.3. The third-order valence-electron chi connectivity index (χ3n) is 3.06. The number of hydrogen-bond acceptors (Lipinski definition) is 3. The predicted octanol–water partition coefficient (Wildman–Crippen LogP) is 0.0264. The molecular weight excluding hydrogens is 232 g/mol. The molecule has 0 saturated carbocycles. The Morgan fingerprint density at radius 1 is 1.17 bits per heavy atom. The highest BCUT2D eigenvalue weighted by Crippen LogP contribution is 2.22. The van der Waals surface area contributed by atoms with E-state index in [9.17, 15) is 9.59 Å². The molecule has 5 nitrogen and oxygen atoms in total. The Hall–Kier alpha value is -1.88. The van der Waals surface area contributed by atoms with Crippen LogP contribution in [0.1, 0.15) is 5.56 Å². The van der Waals surface area contributed by atoms with E-state index in [4.69, 9.17) is 5.11 Å². The Morgan fingerprint density at radius 2 is 1.89 bits per heavy atom. The van der Waals surface area contributed by atoms with Gasteiger partial charge in [0.1, 0.15) is 6.54 Å². The molecule has 1 aromatic carbocycles. The van der Waals surface area contributed by atoms with Crippen LogP contribution in [-0.4, -0.2) is 48.6 Å². The van der Waals surface area contributed by atoms with E-state index in [1.54, 1.807) is 7.05 Å². The van der Waals surface area contributed by atoms with Crippen molar-refractivity contribution >= 4 is 17.5 Å². The van der Waals surface area contributed by atoms with E-state index in [0.717, 1.165) is 11.3 Å². The second kappa shape index (κ2) is 5.18. The van der Waals surface area contributed by atoms with Gasteiger partial charge < -0.3 is 14.9 Å². The first-order chi connectivity index (χ1) is 8.63. The minimum absolute atomic E-state index is 0.0207. The van der Waals surface area contributed by atoms with Gasteiger partial charge in [0.25, 0.3) is 0 Å². The van der Waals surface area contributed by atoms with Crippen LogP contribution in [0.3, 0.4) is 0 Å². The van der Waals surface area contributed by atoms with Crippen molar-refractivity contribution in [2.24, 2.45) is 0 Å². The number of aliphatic hydroxyl groups is 1. The Labute approximate surface area is 106 Å². The molecule has 2 amide bonds. The van der Waals surface area contributed by atoms with Gasteiger partial charge in [0.2, 0.25) is 11.8 Å². The van der Waals surface area contributed by atoms with Gasteiger partial charge in [0.15, 0.2) is 0 Å². The third kappa shape index (κ3) is 2.36. The van der Waals surface area contributed by atoms with Crippen LogP contribution < -0.4 is 4.90 Å². The minimum Gasteiger partial charge on any atom is -0.396 e. The number of anilines is 1. The molecule has 1 heterocycles. The molecule has 0 aromatic heterocycles. The van der Waals surface area contributed by atoms with Crippen molar-refractivity contribution < 1.29 is 14.7 Å². The van der Waals surface area contributed by atoms with Gasteiger partial charge in [-0.25, -0.2) is 0 Å². The predicted molar refractivity (Wildman–Crippen MR) is 67.2 cm³/mol. The summed E-state index contributed by atoms with van der Waals surface area (Å²) >= 11 is 0. The van der Waals surface area contributed by atoms with E-state index in [-0.39, 0.29) is 31.5 Å². The van der Waals surface area contributed by atoms with Gasteiger partial charge >= 0.3 is 0 Å². The monoisotopic (exact) mass is 248 g/mol. The lowest BCUT2D eigenvalue weighted by molar-refractivity contribution is -0.136. The molecule has 0 spiro atoms. The Kier molecular flexibility index (Phi) is 3.62. The highest BCUT2D eigenvalue weighted by atomic mass is 16.3. The van der Waals surface area contributed by atoms with E-state index in [0.29, 0.717) is 6.42 Å². The Balaban J connectivity index is 2.30. The van der Waals surface area contributed by atoms with Gasteiger partial charge in [-0.15, -0.1) is 0 Å². The molecule has 1 aromatic rings. The number of para-hydroxylation sites is 1. The molecule has 0 atom stereocenters. The van der Waals surface area contributed by atoms with E-state index in [1.165, 1.54) is 9.80 Å². The molecular formula is C13H16N2O3. The summed E-state index contributed by atoms with van der Waals surface area (Å²) in [6, 6.07) is 7.35. The van der Waals surface area contributed by atoms with Gasteiger partial charge in [0.05, 0.1) is 6.54 Å². The average Bonchev–Trinajstić information content (AvgIpc) is 2.35. The van der Waals surface area contributed by atoms with E-state index in [1.807, 2.05) is 24.3 Å². The van der Waals surface area contributed by atoms with Crippen LogP contribution in [0.4, 0.5) is 5.69 Å². The molecule has 18 heavy (non-hydrogen) atoms. The molecule has 96 valence electrons. The zero-order valence-corrected chi connectivity index (χ0v) is 10.3. The summed E-state index contributed by atoms with van der Waals surface area (Å²) < 4.78 is 0. The summed E-state index contributed by atoms with van der Waals surface area (Å²) in [4.78, 5) is 26.6. The number of aliphatic hydroxyl groups excluding tert-OH is 1. The second-order valence-electron chi connectivity index (χ2n) is 4.33. The van der Waals surface area contributed by atoms with Gasteiger partial charge in [-0.05, 0) is 18.1 Å². The Morgan fingerprint density at radius 3 is 2.61 bits per heavy atom. The average molecular weight is 248 g/mol. The molecule has 5 heteroatoms. The molecule has 1 aliphatic rings. The third-order valence-corrected chi connectivity index (χ3v) is 3.06. The van der Waals surface area contributed by atoms with Gasteiger partial charge in [-0.2, -0.15) is 0 Å². The molecule has 1 N–H and O–H groups in total.